The van der Waals surface area contributed by atoms with Crippen LogP contribution in [0, 0.1) is 0 Å². The molecule has 2 aromatic rings. The van der Waals surface area contributed by atoms with Crippen LogP contribution in [-0.2, 0) is 21.4 Å². The monoisotopic (exact) mass is 434 g/mol. The highest BCUT2D eigenvalue weighted by molar-refractivity contribution is 7.89. The number of nitrogens with zero attached hydrogens (tertiary/aromatic N) is 4. The summed E-state index contributed by atoms with van der Waals surface area (Å²) in [7, 11) is -3.48. The van der Waals surface area contributed by atoms with Gasteiger partial charge in [-0.25, -0.2) is 13.4 Å². The lowest BCUT2D eigenvalue weighted by Crippen LogP contribution is -2.50. The van der Waals surface area contributed by atoms with Gasteiger partial charge in [0.25, 0.3) is 0 Å². The molecule has 7 nitrogen and oxygen atoms in total. The van der Waals surface area contributed by atoms with Crippen molar-refractivity contribution in [3.05, 3.63) is 53.2 Å². The van der Waals surface area contributed by atoms with Crippen LogP contribution in [0.4, 0.5) is 5.82 Å². The molecule has 0 spiro atoms. The van der Waals surface area contributed by atoms with Gasteiger partial charge < -0.3 is 9.80 Å². The summed E-state index contributed by atoms with van der Waals surface area (Å²) in [5.74, 6) is 0.631. The molecule has 2 fully saturated rings. The molecule has 0 N–H and O–H groups in total. The SMILES string of the molecule is O=C1CN(c2ccc(S(=O)(=O)N3CCCC3)cn2)CCN1Cc1ccc(Cl)cc1. The molecule has 3 heterocycles. The molecule has 2 aliphatic heterocycles. The molecule has 1 aromatic heterocycles. The first kappa shape index (κ1) is 20.1. The Morgan fingerprint density at radius 3 is 2.31 bits per heavy atom. The third kappa shape index (κ3) is 4.39. The highest BCUT2D eigenvalue weighted by Crippen LogP contribution is 2.23. The second-order valence-electron chi connectivity index (χ2n) is 7.33. The van der Waals surface area contributed by atoms with Crippen molar-refractivity contribution in [1.82, 2.24) is 14.2 Å². The van der Waals surface area contributed by atoms with Crippen molar-refractivity contribution in [1.29, 1.82) is 0 Å². The van der Waals surface area contributed by atoms with Crippen LogP contribution in [0.1, 0.15) is 18.4 Å². The number of carbonyl (C=O) groups is 1. The van der Waals surface area contributed by atoms with E-state index in [0.717, 1.165) is 18.4 Å². The van der Waals surface area contributed by atoms with Crippen LogP contribution in [0.3, 0.4) is 0 Å². The Balaban J connectivity index is 1.40. The number of halogens is 1. The van der Waals surface area contributed by atoms with E-state index in [2.05, 4.69) is 4.98 Å². The van der Waals surface area contributed by atoms with Crippen molar-refractivity contribution in [3.8, 4) is 0 Å². The predicted molar refractivity (Wildman–Crippen MR) is 111 cm³/mol. The molecule has 4 rings (SSSR count). The minimum absolute atomic E-state index is 0.0155. The second-order valence-corrected chi connectivity index (χ2v) is 9.70. The number of hydrogen-bond donors (Lipinski definition) is 0. The fraction of sp³-hybridized carbons (Fsp3) is 0.400. The van der Waals surface area contributed by atoms with Gasteiger partial charge in [0.1, 0.15) is 10.7 Å². The molecule has 0 bridgehead atoms. The molecule has 0 saturated carbocycles. The van der Waals surface area contributed by atoms with Crippen molar-refractivity contribution in [2.45, 2.75) is 24.3 Å². The number of piperazine rings is 1. The number of rotatable bonds is 5. The smallest absolute Gasteiger partial charge is 0.244 e. The van der Waals surface area contributed by atoms with Gasteiger partial charge in [0.2, 0.25) is 15.9 Å². The molecule has 2 saturated heterocycles. The van der Waals surface area contributed by atoms with E-state index in [1.807, 2.05) is 34.1 Å². The van der Waals surface area contributed by atoms with Gasteiger partial charge >= 0.3 is 0 Å². The Kier molecular flexibility index (Phi) is 5.76. The van der Waals surface area contributed by atoms with Crippen LogP contribution in [0.2, 0.25) is 5.02 Å². The first-order chi connectivity index (χ1) is 13.9. The zero-order valence-electron chi connectivity index (χ0n) is 16.0. The second kappa shape index (κ2) is 8.30. The van der Waals surface area contributed by atoms with E-state index in [1.54, 1.807) is 12.1 Å². The topological polar surface area (TPSA) is 73.8 Å². The average Bonchev–Trinajstić information content (AvgIpc) is 3.27. The maximum Gasteiger partial charge on any atom is 0.244 e. The van der Waals surface area contributed by atoms with Gasteiger partial charge in [-0.1, -0.05) is 23.7 Å². The van der Waals surface area contributed by atoms with Crippen LogP contribution in [-0.4, -0.2) is 61.2 Å². The molecule has 9 heteroatoms. The summed E-state index contributed by atoms with van der Waals surface area (Å²) in [4.78, 5) is 20.8. The van der Waals surface area contributed by atoms with Gasteiger partial charge in [0, 0.05) is 43.9 Å². The van der Waals surface area contributed by atoms with Crippen LogP contribution in [0.15, 0.2) is 47.5 Å². The molecular formula is C20H23ClN4O3S. The molecule has 1 aromatic carbocycles. The molecule has 29 heavy (non-hydrogen) atoms. The summed E-state index contributed by atoms with van der Waals surface area (Å²) in [5, 5.41) is 0.672. The van der Waals surface area contributed by atoms with Gasteiger partial charge in [-0.2, -0.15) is 4.31 Å². The van der Waals surface area contributed by atoms with E-state index in [0.29, 0.717) is 43.6 Å². The van der Waals surface area contributed by atoms with Gasteiger partial charge in [-0.3, -0.25) is 4.79 Å². The molecule has 0 aliphatic carbocycles. The van der Waals surface area contributed by atoms with E-state index >= 15 is 0 Å². The summed E-state index contributed by atoms with van der Waals surface area (Å²) in [5.41, 5.74) is 1.03. The first-order valence-corrected chi connectivity index (χ1v) is 11.5. The van der Waals surface area contributed by atoms with Crippen LogP contribution in [0.25, 0.3) is 0 Å². The Bertz CT molecular complexity index is 974. The fourth-order valence-electron chi connectivity index (χ4n) is 3.67. The fourth-order valence-corrected chi connectivity index (χ4v) is 5.26. The average molecular weight is 435 g/mol. The number of amides is 1. The standard InChI is InChI=1S/C20H23ClN4O3S/c21-17-5-3-16(4-6-17)14-24-12-11-23(15-20(24)26)19-8-7-18(13-22-19)29(27,28)25-9-1-2-10-25/h3-8,13H,1-2,9-12,14-15H2. The third-order valence-electron chi connectivity index (χ3n) is 5.35. The van der Waals surface area contributed by atoms with E-state index in [-0.39, 0.29) is 17.3 Å². The molecule has 0 unspecified atom stereocenters. The van der Waals surface area contributed by atoms with E-state index in [1.165, 1.54) is 10.5 Å². The van der Waals surface area contributed by atoms with Crippen molar-refractivity contribution in [2.24, 2.45) is 0 Å². The highest BCUT2D eigenvalue weighted by atomic mass is 35.5. The summed E-state index contributed by atoms with van der Waals surface area (Å²) < 4.78 is 26.7. The number of hydrogen-bond acceptors (Lipinski definition) is 5. The zero-order valence-corrected chi connectivity index (χ0v) is 17.6. The first-order valence-electron chi connectivity index (χ1n) is 9.67. The maximum absolute atomic E-state index is 12.6. The summed E-state index contributed by atoms with van der Waals surface area (Å²) >= 11 is 5.91. The molecule has 1 amide bonds. The lowest BCUT2D eigenvalue weighted by Gasteiger charge is -2.35. The summed E-state index contributed by atoms with van der Waals surface area (Å²) in [6, 6.07) is 10.7. The zero-order chi connectivity index (χ0) is 20.4. The maximum atomic E-state index is 12.6. The molecule has 154 valence electrons. The minimum atomic E-state index is -3.48. The Morgan fingerprint density at radius 2 is 1.69 bits per heavy atom. The summed E-state index contributed by atoms with van der Waals surface area (Å²) in [6.45, 7) is 3.12. The molecule has 0 radical (unpaired) electrons. The van der Waals surface area contributed by atoms with Crippen molar-refractivity contribution in [3.63, 3.8) is 0 Å². The van der Waals surface area contributed by atoms with Crippen LogP contribution >= 0.6 is 11.6 Å². The quantitative estimate of drug-likeness (QED) is 0.722. The highest BCUT2D eigenvalue weighted by Gasteiger charge is 2.28. The van der Waals surface area contributed by atoms with Crippen LogP contribution in [0.5, 0.6) is 0 Å². The Labute approximate surface area is 175 Å². The van der Waals surface area contributed by atoms with E-state index in [9.17, 15) is 13.2 Å². The number of aromatic nitrogens is 1. The minimum Gasteiger partial charge on any atom is -0.346 e. The lowest BCUT2D eigenvalue weighted by molar-refractivity contribution is -0.131. The van der Waals surface area contributed by atoms with Gasteiger partial charge in [-0.05, 0) is 42.7 Å². The molecular weight excluding hydrogens is 412 g/mol. The largest absolute Gasteiger partial charge is 0.346 e. The Hall–Kier alpha value is -2.16. The number of pyridine rings is 1. The molecule has 2 aliphatic rings. The van der Waals surface area contributed by atoms with Crippen molar-refractivity contribution < 1.29 is 13.2 Å². The number of carbonyl (C=O) groups excluding carboxylic acids is 1. The van der Waals surface area contributed by atoms with Gasteiger partial charge in [0.15, 0.2) is 0 Å². The van der Waals surface area contributed by atoms with Crippen molar-refractivity contribution in [2.75, 3.05) is 37.6 Å². The summed E-state index contributed by atoms with van der Waals surface area (Å²) in [6.07, 6.45) is 3.19. The molecule has 0 atom stereocenters. The van der Waals surface area contributed by atoms with E-state index < -0.39 is 10.0 Å². The lowest BCUT2D eigenvalue weighted by atomic mass is 10.2. The number of benzene rings is 1. The number of sulfonamides is 1. The van der Waals surface area contributed by atoms with Crippen LogP contribution < -0.4 is 4.90 Å². The number of anilines is 1. The third-order valence-corrected chi connectivity index (χ3v) is 7.49. The normalized spacial score (nSPS) is 18.4. The van der Waals surface area contributed by atoms with E-state index in [4.69, 9.17) is 11.6 Å². The van der Waals surface area contributed by atoms with Gasteiger partial charge in [-0.15, -0.1) is 0 Å². The van der Waals surface area contributed by atoms with Gasteiger partial charge in [0.05, 0.1) is 6.54 Å². The predicted octanol–water partition coefficient (Wildman–Crippen LogP) is 2.37. The van der Waals surface area contributed by atoms with Crippen molar-refractivity contribution >= 4 is 33.3 Å². The Morgan fingerprint density at radius 1 is 0.966 bits per heavy atom.